The Kier molecular flexibility index (Phi) is 11.9. The number of ether oxygens (including phenoxy) is 3. The Balaban J connectivity index is 1.09. The van der Waals surface area contributed by atoms with Gasteiger partial charge in [-0.1, -0.05) is 0 Å². The van der Waals surface area contributed by atoms with Gasteiger partial charge in [0.25, 0.3) is 0 Å². The molecular formula is C38H43F2N4O8P. The smallest absolute Gasteiger partial charge is 0.344 e. The van der Waals surface area contributed by atoms with Crippen molar-refractivity contribution in [2.45, 2.75) is 39.5 Å². The summed E-state index contributed by atoms with van der Waals surface area (Å²) < 4.78 is 70.5. The van der Waals surface area contributed by atoms with Crippen molar-refractivity contribution in [2.75, 3.05) is 56.9 Å². The predicted octanol–water partition coefficient (Wildman–Crippen LogP) is 7.99. The Morgan fingerprint density at radius 2 is 1.53 bits per heavy atom. The van der Waals surface area contributed by atoms with E-state index in [0.717, 1.165) is 32.0 Å². The van der Waals surface area contributed by atoms with Crippen LogP contribution in [0.25, 0.3) is 10.9 Å². The van der Waals surface area contributed by atoms with Crippen molar-refractivity contribution in [1.29, 1.82) is 0 Å². The van der Waals surface area contributed by atoms with E-state index < -0.39 is 36.5 Å². The van der Waals surface area contributed by atoms with E-state index in [0.29, 0.717) is 66.5 Å². The van der Waals surface area contributed by atoms with E-state index >= 15 is 4.39 Å². The summed E-state index contributed by atoms with van der Waals surface area (Å²) in [7, 11) is -1.62. The number of pyridine rings is 1. The molecular weight excluding hydrogens is 709 g/mol. The lowest BCUT2D eigenvalue weighted by molar-refractivity contribution is -0.131. The van der Waals surface area contributed by atoms with Crippen molar-refractivity contribution in [3.05, 3.63) is 78.5 Å². The highest BCUT2D eigenvalue weighted by atomic mass is 31.2. The monoisotopic (exact) mass is 752 g/mol. The van der Waals surface area contributed by atoms with E-state index in [1.54, 1.807) is 45.4 Å². The summed E-state index contributed by atoms with van der Waals surface area (Å²) in [6.07, 6.45) is 4.13. The van der Waals surface area contributed by atoms with Crippen LogP contribution in [-0.2, 0) is 23.2 Å². The van der Waals surface area contributed by atoms with Gasteiger partial charge < -0.3 is 33.9 Å². The van der Waals surface area contributed by atoms with Gasteiger partial charge in [-0.2, -0.15) is 0 Å². The van der Waals surface area contributed by atoms with Gasteiger partial charge in [-0.05, 0) is 107 Å². The van der Waals surface area contributed by atoms with Crippen LogP contribution < -0.4 is 24.8 Å². The lowest BCUT2D eigenvalue weighted by Gasteiger charge is -2.33. The van der Waals surface area contributed by atoms with Crippen LogP contribution in [0.2, 0.25) is 0 Å². The number of carbonyl (C=O) groups is 2. The Hall–Kier alpha value is -4.62. The average Bonchev–Trinajstić information content (AvgIpc) is 3.96. The van der Waals surface area contributed by atoms with Crippen molar-refractivity contribution in [3.8, 4) is 23.0 Å². The number of hydrogen-bond acceptors (Lipinski definition) is 10. The van der Waals surface area contributed by atoms with Crippen LogP contribution in [0.3, 0.4) is 0 Å². The number of piperidine rings is 1. The van der Waals surface area contributed by atoms with Crippen LogP contribution >= 0.6 is 7.60 Å². The zero-order valence-corrected chi connectivity index (χ0v) is 30.8. The van der Waals surface area contributed by atoms with E-state index in [-0.39, 0.29) is 23.6 Å². The summed E-state index contributed by atoms with van der Waals surface area (Å²) in [5.74, 6) is -0.798. The van der Waals surface area contributed by atoms with E-state index in [2.05, 4.69) is 20.5 Å². The first-order valence-corrected chi connectivity index (χ1v) is 19.3. The second-order valence-electron chi connectivity index (χ2n) is 13.0. The maximum atomic E-state index is 15.4. The Labute approximate surface area is 306 Å². The van der Waals surface area contributed by atoms with Crippen molar-refractivity contribution >= 4 is 41.7 Å². The molecule has 0 unspecified atom stereocenters. The molecule has 2 fully saturated rings. The van der Waals surface area contributed by atoms with Crippen LogP contribution in [0.15, 0.2) is 66.9 Å². The number of nitrogens with zero attached hydrogens (tertiary/aromatic N) is 2. The minimum Gasteiger partial charge on any atom is -0.493 e. The second kappa shape index (κ2) is 16.6. The summed E-state index contributed by atoms with van der Waals surface area (Å²) >= 11 is 0. The highest BCUT2D eigenvalue weighted by Crippen LogP contribution is 2.49. The third-order valence-electron chi connectivity index (χ3n) is 9.32. The first-order valence-electron chi connectivity index (χ1n) is 17.6. The van der Waals surface area contributed by atoms with Crippen LogP contribution in [0.4, 0.5) is 20.2 Å². The molecule has 3 aromatic carbocycles. The molecule has 1 saturated heterocycles. The Morgan fingerprint density at radius 1 is 0.868 bits per heavy atom. The van der Waals surface area contributed by atoms with E-state index in [4.69, 9.17) is 23.3 Å². The van der Waals surface area contributed by atoms with Crippen LogP contribution in [0.5, 0.6) is 23.0 Å². The molecule has 2 aliphatic rings. The van der Waals surface area contributed by atoms with Crippen LogP contribution in [0, 0.1) is 23.0 Å². The van der Waals surface area contributed by atoms with E-state index in [1.165, 1.54) is 36.4 Å². The van der Waals surface area contributed by atoms with E-state index in [9.17, 15) is 18.5 Å². The first kappa shape index (κ1) is 38.1. The molecule has 0 bridgehead atoms. The van der Waals surface area contributed by atoms with Crippen LogP contribution in [-0.4, -0.2) is 68.0 Å². The van der Waals surface area contributed by atoms with Gasteiger partial charge in [-0.15, -0.1) is 0 Å². The summed E-state index contributed by atoms with van der Waals surface area (Å²) in [5, 5.41) is 5.86. The molecule has 53 heavy (non-hydrogen) atoms. The minimum absolute atomic E-state index is 0.0889. The summed E-state index contributed by atoms with van der Waals surface area (Å²) in [5.41, 5.74) is -0.227. The molecule has 0 spiro atoms. The Morgan fingerprint density at radius 3 is 2.15 bits per heavy atom. The average molecular weight is 753 g/mol. The van der Waals surface area contributed by atoms with Gasteiger partial charge in [0.05, 0.1) is 32.4 Å². The highest BCUT2D eigenvalue weighted by Gasteiger charge is 2.56. The van der Waals surface area contributed by atoms with Crippen molar-refractivity contribution in [2.24, 2.45) is 11.3 Å². The molecule has 6 rings (SSSR count). The topological polar surface area (TPSA) is 138 Å². The molecule has 1 aliphatic heterocycles. The number of benzene rings is 3. The number of fused-ring (bicyclic) bond motifs is 1. The quantitative estimate of drug-likeness (QED) is 0.0856. The lowest BCUT2D eigenvalue weighted by Crippen LogP contribution is -2.36. The molecule has 2 N–H and O–H groups in total. The van der Waals surface area contributed by atoms with Gasteiger partial charge in [0.1, 0.15) is 23.3 Å². The third-order valence-corrected chi connectivity index (χ3v) is 11.4. The zero-order chi connectivity index (χ0) is 37.6. The molecule has 0 atom stereocenters. The number of rotatable bonds is 16. The Bertz CT molecular complexity index is 1980. The number of anilines is 2. The number of amides is 2. The normalized spacial score (nSPS) is 15.9. The predicted molar refractivity (Wildman–Crippen MR) is 196 cm³/mol. The van der Waals surface area contributed by atoms with Gasteiger partial charge in [0.15, 0.2) is 23.1 Å². The molecule has 12 nitrogen and oxygen atoms in total. The molecule has 15 heteroatoms. The molecule has 282 valence electrons. The number of hydrogen-bond donors (Lipinski definition) is 2. The van der Waals surface area contributed by atoms with Gasteiger partial charge in [0.2, 0.25) is 11.8 Å². The zero-order valence-electron chi connectivity index (χ0n) is 29.9. The van der Waals surface area contributed by atoms with Crippen molar-refractivity contribution < 1.29 is 46.2 Å². The van der Waals surface area contributed by atoms with Gasteiger partial charge in [0, 0.05) is 35.1 Å². The number of carbonyl (C=O) groups excluding carboxylic acids is 2. The van der Waals surface area contributed by atoms with Gasteiger partial charge >= 0.3 is 7.60 Å². The fraction of sp³-hybridized carbons (Fsp3) is 0.395. The number of methoxy groups -OCH3 is 1. The van der Waals surface area contributed by atoms with E-state index in [1.807, 2.05) is 0 Å². The molecule has 1 aromatic heterocycles. The summed E-state index contributed by atoms with van der Waals surface area (Å²) in [6.45, 7) is 6.14. The number of likely N-dealkylation sites (tertiary alicyclic amines) is 1. The largest absolute Gasteiger partial charge is 0.493 e. The minimum atomic E-state index is -3.17. The highest BCUT2D eigenvalue weighted by molar-refractivity contribution is 7.53. The molecule has 2 amide bonds. The second-order valence-corrected chi connectivity index (χ2v) is 15.1. The molecule has 1 saturated carbocycles. The fourth-order valence-corrected chi connectivity index (χ4v) is 8.04. The SMILES string of the molecule is CCOP(=O)(CN1CCC(COc2cc3c(Oc4ccc(NC(=O)C5(C(=O)Nc6ccc(F)cc6)CC5)cc4F)ccnc3cc2OC)CC1)OCC. The lowest BCUT2D eigenvalue weighted by atomic mass is 9.98. The third kappa shape index (κ3) is 9.13. The van der Waals surface area contributed by atoms with Crippen molar-refractivity contribution in [3.63, 3.8) is 0 Å². The van der Waals surface area contributed by atoms with Crippen molar-refractivity contribution in [1.82, 2.24) is 9.88 Å². The summed E-state index contributed by atoms with van der Waals surface area (Å²) in [4.78, 5) is 32.6. The summed E-state index contributed by atoms with van der Waals surface area (Å²) in [6, 6.07) is 14.4. The molecule has 1 aliphatic carbocycles. The van der Waals surface area contributed by atoms with Gasteiger partial charge in [-0.25, -0.2) is 8.78 Å². The first-order chi connectivity index (χ1) is 25.5. The number of halogens is 2. The van der Waals surface area contributed by atoms with Gasteiger partial charge in [-0.3, -0.25) is 24.0 Å². The number of nitrogens with one attached hydrogen (secondary N) is 2. The van der Waals surface area contributed by atoms with Crippen LogP contribution in [0.1, 0.15) is 39.5 Å². The maximum absolute atomic E-state index is 15.4. The standard InChI is InChI=1S/C38H43F2N4O8P/c1-4-50-53(47,51-5-2)24-44-18-13-25(14-19-44)23-49-35-21-29-31(22-34(35)48-3)41-17-12-32(29)52-33-11-10-28(20-30(33)40)43-37(46)38(15-16-38)36(45)42-27-8-6-26(39)7-9-27/h6-12,17,20-22,25H,4-5,13-16,18-19,23-24H2,1-3H3,(H,42,45)(H,43,46). The molecule has 2 heterocycles. The molecule has 0 radical (unpaired) electrons. The fourth-order valence-electron chi connectivity index (χ4n) is 6.25. The number of aromatic nitrogens is 1. The molecule has 4 aromatic rings. The maximum Gasteiger partial charge on any atom is 0.344 e.